The van der Waals surface area contributed by atoms with E-state index >= 15 is 0 Å². The SMILES string of the molecule is COC(=O)[C@H](CC(C)C)NC(=O)[C@H](CC(C)C)NC(=O)OC(C)c1cc(OC[C@@H](C)[C@H]2CC[C@H]3[C@@H]4CC=C5C[C@@H](OC)CC[C@]5(C)[C@H]4CC[C@]23C)ccc1[N+](=O)[O-]. The Morgan fingerprint density at radius 2 is 1.61 bits per heavy atom. The van der Waals surface area contributed by atoms with Gasteiger partial charge in [-0.3, -0.25) is 14.9 Å². The van der Waals surface area contributed by atoms with E-state index in [1.165, 1.54) is 51.7 Å². The van der Waals surface area contributed by atoms with Crippen molar-refractivity contribution in [1.82, 2.24) is 10.6 Å². The van der Waals surface area contributed by atoms with Crippen molar-refractivity contribution >= 4 is 23.7 Å². The summed E-state index contributed by atoms with van der Waals surface area (Å²) < 4.78 is 22.7. The summed E-state index contributed by atoms with van der Waals surface area (Å²) in [6.07, 6.45) is 11.2. The van der Waals surface area contributed by atoms with Crippen molar-refractivity contribution in [3.8, 4) is 5.75 Å². The van der Waals surface area contributed by atoms with Crippen LogP contribution in [-0.2, 0) is 23.8 Å². The van der Waals surface area contributed by atoms with Gasteiger partial charge in [-0.2, -0.15) is 0 Å². The second-order valence-electron chi connectivity index (χ2n) is 18.9. The number of alkyl carbamates (subject to hydrolysis) is 1. The predicted octanol–water partition coefficient (Wildman–Crippen LogP) is 9.11. The lowest BCUT2D eigenvalue weighted by Crippen LogP contribution is -2.52. The Labute approximate surface area is 340 Å². The Morgan fingerprint density at radius 1 is 0.912 bits per heavy atom. The Bertz CT molecular complexity index is 1640. The standard InChI is InChI=1S/C45H69N3O9/c1-26(2)21-38(41(49)46-39(22-27(3)4)42(50)55-10)47-43(51)57-29(6)34-24-32(12-16-40(34)48(52)53)56-25-28(5)35-14-15-36-33-13-11-30-23-31(54-9)17-19-44(30,7)37(33)18-20-45(35,36)8/h11-12,16,24,26-29,31,33,35-39H,13-15,17-23,25H2,1-10H3,(H,46,49)(H,47,51)/t28-,29?,31+,33+,35-,36+,37+,38+,39+,44+,45-/m1/s1. The third kappa shape index (κ3) is 9.80. The highest BCUT2D eigenvalue weighted by Gasteiger charge is 2.59. The molecule has 0 saturated heterocycles. The number of carbonyl (C=O) groups is 3. The monoisotopic (exact) mass is 796 g/mol. The van der Waals surface area contributed by atoms with Gasteiger partial charge in [-0.25, -0.2) is 9.59 Å². The number of amides is 2. The third-order valence-electron chi connectivity index (χ3n) is 14.4. The number of ether oxygens (including phenoxy) is 4. The minimum atomic E-state index is -1.03. The maximum absolute atomic E-state index is 13.3. The van der Waals surface area contributed by atoms with Gasteiger partial charge >= 0.3 is 12.1 Å². The first-order valence-corrected chi connectivity index (χ1v) is 21.4. The number of nitrogens with zero attached hydrogens (tertiary/aromatic N) is 1. The Balaban J connectivity index is 1.22. The number of fused-ring (bicyclic) bond motifs is 5. The zero-order valence-corrected chi connectivity index (χ0v) is 36.1. The number of carbonyl (C=O) groups excluding carboxylic acids is 3. The van der Waals surface area contributed by atoms with E-state index in [4.69, 9.17) is 18.9 Å². The van der Waals surface area contributed by atoms with Crippen molar-refractivity contribution in [1.29, 1.82) is 0 Å². The average Bonchev–Trinajstić information content (AvgIpc) is 3.52. The molecule has 12 heteroatoms. The van der Waals surface area contributed by atoms with E-state index in [1.807, 2.05) is 34.8 Å². The first-order valence-electron chi connectivity index (χ1n) is 21.4. The van der Waals surface area contributed by atoms with Gasteiger partial charge in [-0.15, -0.1) is 0 Å². The van der Waals surface area contributed by atoms with Gasteiger partial charge in [0.05, 0.1) is 30.3 Å². The summed E-state index contributed by atoms with van der Waals surface area (Å²) in [5.41, 5.74) is 2.16. The van der Waals surface area contributed by atoms with Gasteiger partial charge in [0.25, 0.3) is 5.69 Å². The van der Waals surface area contributed by atoms with Crippen molar-refractivity contribution in [2.75, 3.05) is 20.8 Å². The topological polar surface area (TPSA) is 155 Å². The number of hydrogen-bond donors (Lipinski definition) is 2. The fourth-order valence-electron chi connectivity index (χ4n) is 11.5. The smallest absolute Gasteiger partial charge is 0.408 e. The molecule has 3 fully saturated rings. The maximum atomic E-state index is 13.3. The van der Waals surface area contributed by atoms with Crippen molar-refractivity contribution < 1.29 is 38.3 Å². The number of allylic oxidation sites excluding steroid dienone is 1. The van der Waals surface area contributed by atoms with Gasteiger partial charge in [-0.1, -0.05) is 60.1 Å². The number of nitro benzene ring substituents is 1. The predicted molar refractivity (Wildman–Crippen MR) is 218 cm³/mol. The number of nitrogens with one attached hydrogen (secondary N) is 2. The van der Waals surface area contributed by atoms with Crippen LogP contribution in [0.25, 0.3) is 0 Å². The number of rotatable bonds is 16. The van der Waals surface area contributed by atoms with E-state index < -0.39 is 41.1 Å². The molecule has 0 heterocycles. The zero-order valence-electron chi connectivity index (χ0n) is 36.1. The highest BCUT2D eigenvalue weighted by Crippen LogP contribution is 2.67. The Hall–Kier alpha value is -3.67. The molecule has 0 radical (unpaired) electrons. The van der Waals surface area contributed by atoms with Gasteiger partial charge in [0.2, 0.25) is 5.91 Å². The second kappa shape index (κ2) is 18.5. The molecule has 0 aromatic heterocycles. The average molecular weight is 796 g/mol. The van der Waals surface area contributed by atoms with E-state index in [2.05, 4.69) is 37.5 Å². The molecule has 0 spiro atoms. The number of benzene rings is 1. The summed E-state index contributed by atoms with van der Waals surface area (Å²) in [5.74, 6) is 2.41. The molecule has 4 aliphatic rings. The van der Waals surface area contributed by atoms with E-state index in [0.29, 0.717) is 42.6 Å². The van der Waals surface area contributed by atoms with Crippen LogP contribution < -0.4 is 15.4 Å². The molecule has 2 N–H and O–H groups in total. The first-order chi connectivity index (χ1) is 26.9. The second-order valence-corrected chi connectivity index (χ2v) is 18.9. The lowest BCUT2D eigenvalue weighted by molar-refractivity contribution is -0.386. The van der Waals surface area contributed by atoms with Gasteiger partial charge in [0, 0.05) is 13.2 Å². The van der Waals surface area contributed by atoms with Gasteiger partial charge in [0.1, 0.15) is 23.9 Å². The summed E-state index contributed by atoms with van der Waals surface area (Å²) in [4.78, 5) is 50.6. The van der Waals surface area contributed by atoms with E-state index in [9.17, 15) is 24.5 Å². The molecule has 5 rings (SSSR count). The van der Waals surface area contributed by atoms with Crippen molar-refractivity contribution in [2.24, 2.45) is 52.3 Å². The van der Waals surface area contributed by atoms with Crippen molar-refractivity contribution in [3.05, 3.63) is 45.5 Å². The quantitative estimate of drug-likeness (QED) is 0.0721. The molecule has 11 atom stereocenters. The number of esters is 1. The van der Waals surface area contributed by atoms with Gasteiger partial charge in [-0.05, 0) is 136 Å². The van der Waals surface area contributed by atoms with Gasteiger partial charge < -0.3 is 29.6 Å². The molecular formula is C45H69N3O9. The molecule has 0 bridgehead atoms. The van der Waals surface area contributed by atoms with E-state index in [-0.39, 0.29) is 46.3 Å². The summed E-state index contributed by atoms with van der Waals surface area (Å²) in [6, 6.07) is 2.71. The van der Waals surface area contributed by atoms with Crippen LogP contribution in [0.4, 0.5) is 10.5 Å². The minimum absolute atomic E-state index is 0.0208. The number of nitro groups is 1. The van der Waals surface area contributed by atoms with Crippen LogP contribution in [0, 0.1) is 62.4 Å². The fourth-order valence-corrected chi connectivity index (χ4v) is 11.5. The summed E-state index contributed by atoms with van der Waals surface area (Å²) in [7, 11) is 3.11. The fraction of sp³-hybridized carbons (Fsp3) is 0.756. The Kier molecular flexibility index (Phi) is 14.4. The molecule has 1 aromatic rings. The van der Waals surface area contributed by atoms with Crippen LogP contribution >= 0.6 is 0 Å². The minimum Gasteiger partial charge on any atom is -0.493 e. The number of hydrogen-bond acceptors (Lipinski definition) is 9. The number of methoxy groups -OCH3 is 2. The van der Waals surface area contributed by atoms with Crippen LogP contribution in [0.15, 0.2) is 29.8 Å². The van der Waals surface area contributed by atoms with Crippen molar-refractivity contribution in [3.63, 3.8) is 0 Å². The van der Waals surface area contributed by atoms with E-state index in [0.717, 1.165) is 18.8 Å². The molecule has 1 aromatic carbocycles. The van der Waals surface area contributed by atoms with Crippen LogP contribution in [0.3, 0.4) is 0 Å². The zero-order chi connectivity index (χ0) is 41.8. The van der Waals surface area contributed by atoms with Crippen LogP contribution in [-0.4, -0.2) is 61.9 Å². The lowest BCUT2D eigenvalue weighted by Gasteiger charge is -2.58. The van der Waals surface area contributed by atoms with Gasteiger partial charge in [0.15, 0.2) is 0 Å². The third-order valence-corrected chi connectivity index (χ3v) is 14.4. The largest absolute Gasteiger partial charge is 0.493 e. The molecule has 57 heavy (non-hydrogen) atoms. The summed E-state index contributed by atoms with van der Waals surface area (Å²) in [6.45, 7) is 17.0. The molecule has 318 valence electrons. The maximum Gasteiger partial charge on any atom is 0.408 e. The lowest BCUT2D eigenvalue weighted by atomic mass is 9.47. The summed E-state index contributed by atoms with van der Waals surface area (Å²) in [5, 5.41) is 17.5. The van der Waals surface area contributed by atoms with Crippen LogP contribution in [0.1, 0.15) is 131 Å². The van der Waals surface area contributed by atoms with Crippen LogP contribution in [0.5, 0.6) is 5.75 Å². The summed E-state index contributed by atoms with van der Waals surface area (Å²) >= 11 is 0. The highest BCUT2D eigenvalue weighted by atomic mass is 16.6. The molecule has 4 aliphatic carbocycles. The molecular weight excluding hydrogens is 727 g/mol. The van der Waals surface area contributed by atoms with Crippen LogP contribution in [0.2, 0.25) is 0 Å². The molecule has 3 saturated carbocycles. The highest BCUT2D eigenvalue weighted by molar-refractivity contribution is 5.89. The first kappa shape index (κ1) is 44.4. The Morgan fingerprint density at radius 3 is 2.26 bits per heavy atom. The molecule has 12 nitrogen and oxygen atoms in total. The molecule has 1 unspecified atom stereocenters. The normalized spacial score (nSPS) is 30.1. The molecule has 2 amide bonds. The molecule has 0 aliphatic heterocycles. The van der Waals surface area contributed by atoms with Crippen molar-refractivity contribution in [2.45, 2.75) is 144 Å². The van der Waals surface area contributed by atoms with E-state index in [1.54, 1.807) is 24.6 Å².